The first kappa shape index (κ1) is 27.4. The summed E-state index contributed by atoms with van der Waals surface area (Å²) in [7, 11) is -3.28. The SMILES string of the molecule is CCCC=C(OOOC)C(C)COOOOOC1CCCCC1.O=P(O)(O)O. The Balaban J connectivity index is 0.00000129. The molecular weight excluding hydrogens is 403 g/mol. The van der Waals surface area contributed by atoms with E-state index in [1.807, 2.05) is 13.0 Å². The molecule has 168 valence electrons. The zero-order valence-electron chi connectivity index (χ0n) is 16.4. The average Bonchev–Trinajstić information content (AvgIpc) is 2.64. The highest BCUT2D eigenvalue weighted by atomic mass is 31.2. The predicted molar refractivity (Wildman–Crippen MR) is 92.8 cm³/mol. The van der Waals surface area contributed by atoms with Crippen LogP contribution in [0.15, 0.2) is 11.8 Å². The monoisotopic (exact) mass is 434 g/mol. The third-order valence-corrected chi connectivity index (χ3v) is 3.47. The lowest BCUT2D eigenvalue weighted by Crippen LogP contribution is -2.17. The third-order valence-electron chi connectivity index (χ3n) is 3.47. The second-order valence-electron chi connectivity index (χ2n) is 5.97. The van der Waals surface area contributed by atoms with Crippen LogP contribution in [-0.2, 0) is 44.3 Å². The summed E-state index contributed by atoms with van der Waals surface area (Å²) in [6.45, 7) is 4.12. The Morgan fingerprint density at radius 3 is 2.32 bits per heavy atom. The van der Waals surface area contributed by atoms with Gasteiger partial charge < -0.3 is 19.6 Å². The van der Waals surface area contributed by atoms with Gasteiger partial charge in [0, 0.05) is 5.92 Å². The molecular formula is C15H31O12P. The maximum Gasteiger partial charge on any atom is 0.466 e. The van der Waals surface area contributed by atoms with E-state index in [1.165, 1.54) is 13.5 Å². The maximum absolute atomic E-state index is 8.88. The van der Waals surface area contributed by atoms with Gasteiger partial charge in [0.25, 0.3) is 0 Å². The molecule has 0 saturated heterocycles. The van der Waals surface area contributed by atoms with Gasteiger partial charge in [0.2, 0.25) is 0 Å². The number of hydrogen-bond donors (Lipinski definition) is 3. The lowest BCUT2D eigenvalue weighted by Gasteiger charge is -2.18. The molecule has 0 amide bonds. The molecule has 0 radical (unpaired) electrons. The highest BCUT2D eigenvalue weighted by molar-refractivity contribution is 7.45. The van der Waals surface area contributed by atoms with E-state index >= 15 is 0 Å². The van der Waals surface area contributed by atoms with Crippen molar-refractivity contribution >= 4 is 7.82 Å². The molecule has 1 atom stereocenters. The van der Waals surface area contributed by atoms with Crippen LogP contribution in [0.4, 0.5) is 0 Å². The lowest BCUT2D eigenvalue weighted by molar-refractivity contribution is -0.714. The van der Waals surface area contributed by atoms with Crippen LogP contribution >= 0.6 is 7.82 Å². The van der Waals surface area contributed by atoms with E-state index in [-0.39, 0.29) is 18.6 Å². The number of rotatable bonds is 13. The van der Waals surface area contributed by atoms with Crippen LogP contribution in [0.5, 0.6) is 0 Å². The Kier molecular flexibility index (Phi) is 16.9. The molecule has 1 fully saturated rings. The molecule has 12 nitrogen and oxygen atoms in total. The van der Waals surface area contributed by atoms with Gasteiger partial charge in [-0.05, 0) is 45.5 Å². The molecule has 1 rings (SSSR count). The van der Waals surface area contributed by atoms with E-state index in [9.17, 15) is 0 Å². The quantitative estimate of drug-likeness (QED) is 0.128. The van der Waals surface area contributed by atoms with Crippen LogP contribution in [-0.4, -0.2) is 34.5 Å². The van der Waals surface area contributed by atoms with E-state index in [0.717, 1.165) is 38.5 Å². The highest BCUT2D eigenvalue weighted by Crippen LogP contribution is 2.25. The molecule has 1 aliphatic rings. The van der Waals surface area contributed by atoms with Gasteiger partial charge in [-0.15, -0.1) is 0 Å². The summed E-state index contributed by atoms with van der Waals surface area (Å²) in [6.07, 6.45) is 9.22. The number of unbranched alkanes of at least 4 members (excludes halogenated alkanes) is 1. The molecule has 0 aromatic carbocycles. The summed E-state index contributed by atoms with van der Waals surface area (Å²) in [5.41, 5.74) is 0. The molecule has 0 aliphatic heterocycles. The van der Waals surface area contributed by atoms with Crippen LogP contribution in [0.25, 0.3) is 0 Å². The number of hydrogen-bond acceptors (Lipinski definition) is 9. The van der Waals surface area contributed by atoms with Gasteiger partial charge in [0.15, 0.2) is 0 Å². The van der Waals surface area contributed by atoms with Crippen molar-refractivity contribution in [2.75, 3.05) is 13.7 Å². The fourth-order valence-corrected chi connectivity index (χ4v) is 2.15. The van der Waals surface area contributed by atoms with E-state index in [1.54, 1.807) is 0 Å². The van der Waals surface area contributed by atoms with E-state index in [2.05, 4.69) is 32.0 Å². The van der Waals surface area contributed by atoms with Gasteiger partial charge >= 0.3 is 7.82 Å². The summed E-state index contributed by atoms with van der Waals surface area (Å²) in [4.78, 5) is 40.9. The predicted octanol–water partition coefficient (Wildman–Crippen LogP) is 2.96. The second-order valence-corrected chi connectivity index (χ2v) is 7.00. The van der Waals surface area contributed by atoms with Gasteiger partial charge in [-0.1, -0.05) is 39.5 Å². The molecule has 1 saturated carbocycles. The van der Waals surface area contributed by atoms with Crippen molar-refractivity contribution in [3.05, 3.63) is 11.8 Å². The number of phosphoric acid groups is 1. The summed E-state index contributed by atoms with van der Waals surface area (Å²) in [5.74, 6) is 0.455. The molecule has 0 heterocycles. The second kappa shape index (κ2) is 17.2. The summed E-state index contributed by atoms with van der Waals surface area (Å²) < 4.78 is 8.88. The Hall–Kier alpha value is -0.630. The molecule has 1 aliphatic carbocycles. The van der Waals surface area contributed by atoms with Gasteiger partial charge in [-0.2, -0.15) is 4.89 Å². The van der Waals surface area contributed by atoms with Crippen LogP contribution < -0.4 is 0 Å². The van der Waals surface area contributed by atoms with Crippen LogP contribution in [0.2, 0.25) is 0 Å². The topological polar surface area (TPSA) is 152 Å². The normalized spacial score (nSPS) is 17.0. The van der Waals surface area contributed by atoms with Crippen LogP contribution in [0.3, 0.4) is 0 Å². The van der Waals surface area contributed by atoms with Crippen molar-refractivity contribution in [1.82, 2.24) is 0 Å². The van der Waals surface area contributed by atoms with Gasteiger partial charge in [0.05, 0.1) is 19.8 Å². The molecule has 28 heavy (non-hydrogen) atoms. The van der Waals surface area contributed by atoms with E-state index in [4.69, 9.17) is 33.9 Å². The van der Waals surface area contributed by atoms with Crippen LogP contribution in [0, 0.1) is 5.92 Å². The molecule has 1 unspecified atom stereocenters. The molecule has 13 heteroatoms. The van der Waals surface area contributed by atoms with E-state index in [0.29, 0.717) is 5.76 Å². The van der Waals surface area contributed by atoms with Crippen molar-refractivity contribution in [2.24, 2.45) is 5.92 Å². The lowest BCUT2D eigenvalue weighted by atomic mass is 9.98. The minimum atomic E-state index is -4.64. The first-order chi connectivity index (χ1) is 13.3. The molecule has 0 aromatic heterocycles. The first-order valence-corrected chi connectivity index (χ1v) is 10.5. The fraction of sp³-hybridized carbons (Fsp3) is 0.867. The van der Waals surface area contributed by atoms with Crippen molar-refractivity contribution in [3.8, 4) is 0 Å². The van der Waals surface area contributed by atoms with Gasteiger partial charge in [0.1, 0.15) is 5.76 Å². The Morgan fingerprint density at radius 1 is 1.11 bits per heavy atom. The standard InChI is InChI=1S/C15H28O8.H3O4P/c1-4-5-11-15(19-20-16-3)13(2)12-17-21-23-22-18-14-9-7-6-8-10-14;1-5(2,3)4/h11,13-14H,4-10,12H2,1-3H3;(H3,1,2,3,4). The minimum absolute atomic E-state index is 0.0504. The van der Waals surface area contributed by atoms with Gasteiger partial charge in [-0.25, -0.2) is 14.3 Å². The zero-order valence-corrected chi connectivity index (χ0v) is 17.2. The smallest absolute Gasteiger partial charge is 0.313 e. The first-order valence-electron chi connectivity index (χ1n) is 8.91. The summed E-state index contributed by atoms with van der Waals surface area (Å²) in [6, 6.07) is 0. The summed E-state index contributed by atoms with van der Waals surface area (Å²) >= 11 is 0. The van der Waals surface area contributed by atoms with Crippen molar-refractivity contribution < 1.29 is 58.9 Å². The Morgan fingerprint density at radius 2 is 1.75 bits per heavy atom. The molecule has 0 spiro atoms. The average molecular weight is 434 g/mol. The zero-order chi connectivity index (χ0) is 21.3. The number of allylic oxidation sites excluding steroid dienone is 1. The summed E-state index contributed by atoms with van der Waals surface area (Å²) in [5, 5.41) is 17.8. The highest BCUT2D eigenvalue weighted by Gasteiger charge is 2.16. The Labute approximate surface area is 164 Å². The molecule has 0 bridgehead atoms. The van der Waals surface area contributed by atoms with Crippen molar-refractivity contribution in [2.45, 2.75) is 64.9 Å². The van der Waals surface area contributed by atoms with Crippen molar-refractivity contribution in [1.29, 1.82) is 0 Å². The van der Waals surface area contributed by atoms with Gasteiger partial charge in [-0.3, -0.25) is 0 Å². The Bertz CT molecular complexity index is 426. The largest absolute Gasteiger partial charge is 0.466 e. The molecule has 0 aromatic rings. The van der Waals surface area contributed by atoms with E-state index < -0.39 is 7.82 Å². The van der Waals surface area contributed by atoms with Crippen LogP contribution in [0.1, 0.15) is 58.8 Å². The fourth-order valence-electron chi connectivity index (χ4n) is 2.15. The third kappa shape index (κ3) is 18.7. The van der Waals surface area contributed by atoms with Crippen molar-refractivity contribution in [3.63, 3.8) is 0 Å². The molecule has 3 N–H and O–H groups in total. The minimum Gasteiger partial charge on any atom is -0.313 e. The maximum atomic E-state index is 8.88.